The van der Waals surface area contributed by atoms with E-state index in [1.807, 2.05) is 49.7 Å². The van der Waals surface area contributed by atoms with Crippen LogP contribution in [0, 0.1) is 24.5 Å². The Labute approximate surface area is 357 Å². The number of anilines is 3. The molecule has 322 valence electrons. The molecule has 0 aliphatic carbocycles. The zero-order valence-corrected chi connectivity index (χ0v) is 35.0. The monoisotopic (exact) mass is 845 g/mol. The highest BCUT2D eigenvalue weighted by molar-refractivity contribution is 6.23. The van der Waals surface area contributed by atoms with Gasteiger partial charge in [-0.15, -0.1) is 0 Å². The molecular formula is C45H49F2N11O4. The molecule has 0 spiro atoms. The molecule has 3 fully saturated rings. The van der Waals surface area contributed by atoms with Gasteiger partial charge in [-0.25, -0.2) is 28.7 Å². The van der Waals surface area contributed by atoms with Crippen LogP contribution in [0.25, 0.3) is 22.3 Å². The van der Waals surface area contributed by atoms with Gasteiger partial charge in [0.15, 0.2) is 11.6 Å². The maximum Gasteiger partial charge on any atom is 0.262 e. The third-order valence-corrected chi connectivity index (χ3v) is 12.5. The van der Waals surface area contributed by atoms with Crippen molar-refractivity contribution in [1.82, 2.24) is 44.9 Å². The van der Waals surface area contributed by atoms with Gasteiger partial charge in [0.2, 0.25) is 17.8 Å². The maximum atomic E-state index is 15.2. The summed E-state index contributed by atoms with van der Waals surface area (Å²) < 4.78 is 32.1. The average molecular weight is 846 g/mol. The van der Waals surface area contributed by atoms with Gasteiger partial charge in [-0.3, -0.25) is 34.3 Å². The zero-order valence-electron chi connectivity index (χ0n) is 35.0. The van der Waals surface area contributed by atoms with Gasteiger partial charge < -0.3 is 20.1 Å². The standard InChI is InChI=1S/C45H49F2N11O4/c1-25(2)57-26(3)51-41-34(46)17-29(18-37(41)57)40-35(47)22-50-45(54-40)52-38-10-6-28(21-49-38)23-55-15-12-27(13-16-55)20-48-30-5-4-14-56(24-30)31-7-8-32-33(19-31)44(62)58(43(32)61)36-9-11-39(59)53-42(36)60/h6-8,10,17-19,21-22,25,27,30,36,48H,4-5,9,11-16,20,23-24H2,1-3H3,(H,53,59,60)(H,49,50,52,54). The lowest BCUT2D eigenvalue weighted by Gasteiger charge is -2.37. The quantitative estimate of drug-likeness (QED) is 0.140. The van der Waals surface area contributed by atoms with Crippen molar-refractivity contribution in [2.24, 2.45) is 5.92 Å². The number of halogens is 2. The van der Waals surface area contributed by atoms with E-state index in [1.165, 1.54) is 6.07 Å². The Morgan fingerprint density at radius 3 is 2.44 bits per heavy atom. The molecule has 0 saturated carbocycles. The van der Waals surface area contributed by atoms with E-state index in [9.17, 15) is 19.2 Å². The van der Waals surface area contributed by atoms with Gasteiger partial charge >= 0.3 is 0 Å². The Kier molecular flexibility index (Phi) is 11.2. The smallest absolute Gasteiger partial charge is 0.262 e. The number of imide groups is 2. The van der Waals surface area contributed by atoms with Crippen LogP contribution in [0.2, 0.25) is 0 Å². The number of piperidine rings is 3. The first kappa shape index (κ1) is 41.2. The van der Waals surface area contributed by atoms with Crippen molar-refractivity contribution in [2.75, 3.05) is 42.9 Å². The lowest BCUT2D eigenvalue weighted by atomic mass is 9.95. The van der Waals surface area contributed by atoms with Gasteiger partial charge in [0.1, 0.15) is 28.9 Å². The van der Waals surface area contributed by atoms with Crippen molar-refractivity contribution in [3.8, 4) is 11.3 Å². The van der Waals surface area contributed by atoms with Gasteiger partial charge in [-0.1, -0.05) is 6.07 Å². The van der Waals surface area contributed by atoms with Gasteiger partial charge in [-0.05, 0) is 120 Å². The highest BCUT2D eigenvalue weighted by Gasteiger charge is 2.45. The number of aromatic nitrogens is 5. The van der Waals surface area contributed by atoms with E-state index in [4.69, 9.17) is 0 Å². The number of carbonyl (C=O) groups excluding carboxylic acids is 4. The second-order valence-electron chi connectivity index (χ2n) is 17.1. The number of pyridine rings is 1. The number of aryl methyl sites for hydroxylation is 1. The van der Waals surface area contributed by atoms with Gasteiger partial charge in [0, 0.05) is 55.6 Å². The van der Waals surface area contributed by atoms with Crippen molar-refractivity contribution >= 4 is 52.1 Å². The number of fused-ring (bicyclic) bond motifs is 2. The molecule has 15 nitrogen and oxygen atoms in total. The largest absolute Gasteiger partial charge is 0.370 e. The Morgan fingerprint density at radius 1 is 0.871 bits per heavy atom. The van der Waals surface area contributed by atoms with Crippen molar-refractivity contribution in [3.05, 3.63) is 89.0 Å². The molecule has 2 unspecified atom stereocenters. The summed E-state index contributed by atoms with van der Waals surface area (Å²) in [5, 5.41) is 9.12. The molecular weight excluding hydrogens is 797 g/mol. The average Bonchev–Trinajstić information content (AvgIpc) is 3.73. The molecule has 9 rings (SSSR count). The second kappa shape index (κ2) is 16.9. The third kappa shape index (κ3) is 8.13. The summed E-state index contributed by atoms with van der Waals surface area (Å²) in [7, 11) is 0. The van der Waals surface area contributed by atoms with Gasteiger partial charge in [0.25, 0.3) is 11.8 Å². The molecule has 17 heteroatoms. The van der Waals surface area contributed by atoms with Crippen LogP contribution in [-0.4, -0.2) is 103 Å². The van der Waals surface area contributed by atoms with Crippen LogP contribution in [0.4, 0.5) is 26.2 Å². The molecule has 2 atom stereocenters. The van der Waals surface area contributed by atoms with Crippen LogP contribution in [0.15, 0.2) is 54.9 Å². The fourth-order valence-electron chi connectivity index (χ4n) is 9.37. The highest BCUT2D eigenvalue weighted by Crippen LogP contribution is 2.33. The minimum Gasteiger partial charge on any atom is -0.370 e. The number of rotatable bonds is 11. The summed E-state index contributed by atoms with van der Waals surface area (Å²) in [6.45, 7) is 11.0. The number of hydrogen-bond donors (Lipinski definition) is 3. The lowest BCUT2D eigenvalue weighted by molar-refractivity contribution is -0.136. The Bertz CT molecular complexity index is 2570. The fraction of sp³-hybridized carbons (Fsp3) is 0.422. The molecule has 5 aromatic rings. The first-order valence-electron chi connectivity index (χ1n) is 21.4. The summed E-state index contributed by atoms with van der Waals surface area (Å²) in [5.41, 5.74) is 3.60. The molecule has 3 N–H and O–H groups in total. The summed E-state index contributed by atoms with van der Waals surface area (Å²) >= 11 is 0. The summed E-state index contributed by atoms with van der Waals surface area (Å²) in [4.78, 5) is 73.9. The number of benzene rings is 2. The van der Waals surface area contributed by atoms with Crippen LogP contribution >= 0.6 is 0 Å². The zero-order chi connectivity index (χ0) is 43.2. The van der Waals surface area contributed by atoms with E-state index < -0.39 is 41.3 Å². The number of carbonyl (C=O) groups is 4. The van der Waals surface area contributed by atoms with Crippen molar-refractivity contribution in [3.63, 3.8) is 0 Å². The van der Waals surface area contributed by atoms with Crippen LogP contribution in [0.1, 0.15) is 90.5 Å². The number of hydrogen-bond acceptors (Lipinski definition) is 12. The van der Waals surface area contributed by atoms with E-state index in [-0.39, 0.29) is 53.2 Å². The first-order chi connectivity index (χ1) is 29.9. The lowest BCUT2D eigenvalue weighted by Crippen LogP contribution is -2.54. The SMILES string of the molecule is Cc1nc2c(F)cc(-c3nc(Nc4ccc(CN5CCC(CNC6CCCN(c7ccc8c(c7)C(=O)N(C7CCC(=O)NC7=O)C8=O)C6)CC5)cn4)ncc3F)cc2n1C(C)C. The predicted molar refractivity (Wildman–Crippen MR) is 228 cm³/mol. The minimum atomic E-state index is -0.984. The molecule has 0 bridgehead atoms. The van der Waals surface area contributed by atoms with E-state index in [2.05, 4.69) is 45.7 Å². The molecule has 4 aliphatic rings. The number of imidazole rings is 1. The topological polar surface area (TPSA) is 171 Å². The minimum absolute atomic E-state index is 0.0236. The molecule has 0 radical (unpaired) electrons. The molecule has 3 aromatic heterocycles. The summed E-state index contributed by atoms with van der Waals surface area (Å²) in [6, 6.07) is 11.5. The van der Waals surface area contributed by atoms with Crippen LogP contribution in [-0.2, 0) is 16.1 Å². The predicted octanol–water partition coefficient (Wildman–Crippen LogP) is 5.67. The molecule has 7 heterocycles. The molecule has 3 saturated heterocycles. The second-order valence-corrected chi connectivity index (χ2v) is 17.1. The number of nitrogens with zero attached hydrogens (tertiary/aromatic N) is 8. The molecule has 4 aliphatic heterocycles. The van der Waals surface area contributed by atoms with Crippen molar-refractivity contribution in [1.29, 1.82) is 0 Å². The Balaban J connectivity index is 0.749. The number of nitrogens with one attached hydrogen (secondary N) is 3. The van der Waals surface area contributed by atoms with Crippen molar-refractivity contribution in [2.45, 2.75) is 84.0 Å². The van der Waals surface area contributed by atoms with Crippen LogP contribution in [0.3, 0.4) is 0 Å². The Morgan fingerprint density at radius 2 is 1.68 bits per heavy atom. The van der Waals surface area contributed by atoms with Gasteiger partial charge in [0.05, 0.1) is 22.8 Å². The maximum absolute atomic E-state index is 15.2. The van der Waals surface area contributed by atoms with Gasteiger partial charge in [-0.2, -0.15) is 0 Å². The third-order valence-electron chi connectivity index (χ3n) is 12.5. The number of likely N-dealkylation sites (tertiary alicyclic amines) is 1. The first-order valence-corrected chi connectivity index (χ1v) is 21.4. The summed E-state index contributed by atoms with van der Waals surface area (Å²) in [6.07, 6.45) is 7.28. The number of amides is 4. The fourth-order valence-corrected chi connectivity index (χ4v) is 9.37. The summed E-state index contributed by atoms with van der Waals surface area (Å²) in [5.74, 6) is -1.34. The van der Waals surface area contributed by atoms with Crippen LogP contribution in [0.5, 0.6) is 0 Å². The molecule has 2 aromatic carbocycles. The Hall–Kier alpha value is -6.20. The van der Waals surface area contributed by atoms with E-state index >= 15 is 8.78 Å². The normalized spacial score (nSPS) is 20.1. The van der Waals surface area contributed by atoms with E-state index in [1.54, 1.807) is 18.2 Å². The molecule has 4 amide bonds. The molecule has 62 heavy (non-hydrogen) atoms. The van der Waals surface area contributed by atoms with Crippen LogP contribution < -0.4 is 20.9 Å². The van der Waals surface area contributed by atoms with E-state index in [0.29, 0.717) is 28.6 Å². The highest BCUT2D eigenvalue weighted by atomic mass is 19.1. The van der Waals surface area contributed by atoms with E-state index in [0.717, 1.165) is 87.3 Å². The van der Waals surface area contributed by atoms with Crippen molar-refractivity contribution < 1.29 is 28.0 Å².